The molecule has 2 rings (SSSR count). The number of benzene rings is 1. The molecule has 1 aromatic heterocycles. The molecule has 0 aliphatic carbocycles. The van der Waals surface area contributed by atoms with Gasteiger partial charge in [-0.05, 0) is 31.5 Å². The van der Waals surface area contributed by atoms with Gasteiger partial charge in [-0.1, -0.05) is 27.7 Å². The molecule has 1 heterocycles. The molecular weight excluding hydrogens is 238 g/mol. The average Bonchev–Trinajstić information content (AvgIpc) is 2.87. The Bertz CT molecular complexity index is 535. The van der Waals surface area contributed by atoms with Crippen LogP contribution in [0.1, 0.15) is 45.7 Å². The number of fused-ring (bicyclic) bond motifs is 1. The smallest absolute Gasteiger partial charge is 0.155 e. The van der Waals surface area contributed by atoms with E-state index < -0.39 is 0 Å². The lowest BCUT2D eigenvalue weighted by atomic mass is 10.1. The van der Waals surface area contributed by atoms with Crippen molar-refractivity contribution in [2.75, 3.05) is 6.61 Å². The topological polar surface area (TPSA) is 46.2 Å². The van der Waals surface area contributed by atoms with E-state index in [9.17, 15) is 0 Å². The van der Waals surface area contributed by atoms with Crippen molar-refractivity contribution in [2.24, 2.45) is 0 Å². The zero-order valence-corrected chi connectivity index (χ0v) is 12.7. The molecule has 0 bridgehead atoms. The molecule has 0 aliphatic rings. The highest BCUT2D eigenvalue weighted by molar-refractivity contribution is 5.91. The Morgan fingerprint density at radius 2 is 1.84 bits per heavy atom. The van der Waals surface area contributed by atoms with Crippen molar-refractivity contribution < 1.29 is 9.15 Å². The van der Waals surface area contributed by atoms with Gasteiger partial charge in [0.15, 0.2) is 5.58 Å². The highest BCUT2D eigenvalue weighted by Gasteiger charge is 2.12. The summed E-state index contributed by atoms with van der Waals surface area (Å²) in [6.07, 6.45) is 1.65. The van der Waals surface area contributed by atoms with Crippen molar-refractivity contribution in [1.29, 1.82) is 5.26 Å². The molecule has 0 saturated carbocycles. The van der Waals surface area contributed by atoms with Crippen LogP contribution < -0.4 is 4.74 Å². The summed E-state index contributed by atoms with van der Waals surface area (Å²) in [4.78, 5) is 0. The molecule has 0 atom stereocenters. The minimum Gasteiger partial charge on any atom is -0.493 e. The molecule has 3 nitrogen and oxygen atoms in total. The molecule has 2 aromatic rings. The van der Waals surface area contributed by atoms with Gasteiger partial charge in [-0.2, -0.15) is 5.26 Å². The summed E-state index contributed by atoms with van der Waals surface area (Å²) in [5.74, 6) is 0.776. The first kappa shape index (κ1) is 17.1. The largest absolute Gasteiger partial charge is 0.493 e. The standard InChI is InChI=1S/C12H11NO2.2C2H6/c1-3-14-10-5-4-9(6-13)12-11(10)8(2)7-15-12;2*1-2/h4-5,7H,3H2,1-2H3;2*1-2H3. The molecule has 1 aromatic carbocycles. The van der Waals surface area contributed by atoms with Crippen LogP contribution in [0, 0.1) is 18.3 Å². The zero-order valence-electron chi connectivity index (χ0n) is 12.7. The van der Waals surface area contributed by atoms with Gasteiger partial charge >= 0.3 is 0 Å². The summed E-state index contributed by atoms with van der Waals surface area (Å²) in [5, 5.41) is 9.81. The Balaban J connectivity index is 0.000000741. The van der Waals surface area contributed by atoms with Crippen molar-refractivity contribution >= 4 is 11.0 Å². The van der Waals surface area contributed by atoms with Crippen LogP contribution in [0.4, 0.5) is 0 Å². The Labute approximate surface area is 115 Å². The molecule has 3 heteroatoms. The molecular formula is C16H23NO2. The number of nitrogens with zero attached hydrogens (tertiary/aromatic N) is 1. The number of ether oxygens (including phenoxy) is 1. The molecule has 0 radical (unpaired) electrons. The molecule has 104 valence electrons. The maximum atomic E-state index is 8.91. The van der Waals surface area contributed by atoms with E-state index in [0.29, 0.717) is 17.8 Å². The molecule has 0 spiro atoms. The van der Waals surface area contributed by atoms with E-state index in [1.165, 1.54) is 0 Å². The Morgan fingerprint density at radius 3 is 2.37 bits per heavy atom. The van der Waals surface area contributed by atoms with Crippen LogP contribution in [0.2, 0.25) is 0 Å². The minimum atomic E-state index is 0.543. The Morgan fingerprint density at radius 1 is 1.21 bits per heavy atom. The molecule has 0 saturated heterocycles. The van der Waals surface area contributed by atoms with E-state index >= 15 is 0 Å². The van der Waals surface area contributed by atoms with E-state index in [1.54, 1.807) is 12.3 Å². The second kappa shape index (κ2) is 9.04. The lowest BCUT2D eigenvalue weighted by Gasteiger charge is -2.04. The minimum absolute atomic E-state index is 0.543. The summed E-state index contributed by atoms with van der Waals surface area (Å²) in [6.45, 7) is 12.5. The van der Waals surface area contributed by atoms with Gasteiger partial charge in [0.1, 0.15) is 11.8 Å². The van der Waals surface area contributed by atoms with Crippen molar-refractivity contribution in [3.63, 3.8) is 0 Å². The maximum absolute atomic E-state index is 8.91. The third-order valence-corrected chi connectivity index (χ3v) is 2.29. The van der Waals surface area contributed by atoms with E-state index in [2.05, 4.69) is 6.07 Å². The van der Waals surface area contributed by atoms with Gasteiger partial charge < -0.3 is 9.15 Å². The fourth-order valence-corrected chi connectivity index (χ4v) is 1.63. The number of furan rings is 1. The van der Waals surface area contributed by atoms with Crippen LogP contribution in [0.15, 0.2) is 22.8 Å². The van der Waals surface area contributed by atoms with Crippen molar-refractivity contribution in [1.82, 2.24) is 0 Å². The van der Waals surface area contributed by atoms with Gasteiger partial charge in [0.25, 0.3) is 0 Å². The highest BCUT2D eigenvalue weighted by atomic mass is 16.5. The van der Waals surface area contributed by atoms with E-state index in [0.717, 1.165) is 16.7 Å². The monoisotopic (exact) mass is 261 g/mol. The summed E-state index contributed by atoms with van der Waals surface area (Å²) in [6, 6.07) is 5.63. The fraction of sp³-hybridized carbons (Fsp3) is 0.438. The molecule has 0 amide bonds. The summed E-state index contributed by atoms with van der Waals surface area (Å²) in [7, 11) is 0. The number of nitriles is 1. The van der Waals surface area contributed by atoms with Gasteiger partial charge in [0.05, 0.1) is 23.8 Å². The van der Waals surface area contributed by atoms with Crippen LogP contribution in [-0.4, -0.2) is 6.61 Å². The fourth-order valence-electron chi connectivity index (χ4n) is 1.63. The van der Waals surface area contributed by atoms with E-state index in [-0.39, 0.29) is 0 Å². The van der Waals surface area contributed by atoms with Gasteiger partial charge in [0, 0.05) is 0 Å². The summed E-state index contributed by atoms with van der Waals surface area (Å²) < 4.78 is 10.8. The zero-order chi connectivity index (χ0) is 14.8. The van der Waals surface area contributed by atoms with Crippen molar-refractivity contribution in [3.8, 4) is 11.8 Å². The van der Waals surface area contributed by atoms with Crippen LogP contribution in [0.25, 0.3) is 11.0 Å². The van der Waals surface area contributed by atoms with E-state index in [4.69, 9.17) is 14.4 Å². The van der Waals surface area contributed by atoms with E-state index in [1.807, 2.05) is 47.6 Å². The van der Waals surface area contributed by atoms with Gasteiger partial charge in [-0.3, -0.25) is 0 Å². The molecule has 0 fully saturated rings. The summed E-state index contributed by atoms with van der Waals surface area (Å²) >= 11 is 0. The first-order valence-electron chi connectivity index (χ1n) is 6.81. The Hall–Kier alpha value is -1.95. The van der Waals surface area contributed by atoms with Crippen LogP contribution >= 0.6 is 0 Å². The number of hydrogen-bond donors (Lipinski definition) is 0. The van der Waals surface area contributed by atoms with Crippen LogP contribution in [0.5, 0.6) is 5.75 Å². The molecule has 19 heavy (non-hydrogen) atoms. The van der Waals surface area contributed by atoms with Crippen molar-refractivity contribution in [2.45, 2.75) is 41.5 Å². The predicted molar refractivity (Wildman–Crippen MR) is 79.5 cm³/mol. The highest BCUT2D eigenvalue weighted by Crippen LogP contribution is 2.32. The molecule has 0 N–H and O–H groups in total. The number of aryl methyl sites for hydroxylation is 1. The van der Waals surface area contributed by atoms with Crippen molar-refractivity contribution in [3.05, 3.63) is 29.5 Å². The second-order valence-electron chi connectivity index (χ2n) is 3.28. The van der Waals surface area contributed by atoms with Gasteiger partial charge in [-0.25, -0.2) is 0 Å². The first-order valence-corrected chi connectivity index (χ1v) is 6.81. The SMILES string of the molecule is CC.CC.CCOc1ccc(C#N)c2occ(C)c12. The van der Waals surface area contributed by atoms with Crippen LogP contribution in [0.3, 0.4) is 0 Å². The molecule has 0 aliphatic heterocycles. The Kier molecular flexibility index (Phi) is 8.12. The third kappa shape index (κ3) is 3.75. The maximum Gasteiger partial charge on any atom is 0.155 e. The number of rotatable bonds is 2. The van der Waals surface area contributed by atoms with Gasteiger partial charge in [-0.15, -0.1) is 0 Å². The van der Waals surface area contributed by atoms with Crippen LogP contribution in [-0.2, 0) is 0 Å². The normalized spacial score (nSPS) is 8.68. The summed E-state index contributed by atoms with van der Waals surface area (Å²) in [5.41, 5.74) is 2.15. The first-order chi connectivity index (χ1) is 9.27. The average molecular weight is 261 g/mol. The van der Waals surface area contributed by atoms with Gasteiger partial charge in [0.2, 0.25) is 0 Å². The third-order valence-electron chi connectivity index (χ3n) is 2.29. The lowest BCUT2D eigenvalue weighted by Crippen LogP contribution is -1.92. The molecule has 0 unspecified atom stereocenters. The predicted octanol–water partition coefficient (Wildman–Crippen LogP) is 5.06. The quantitative estimate of drug-likeness (QED) is 0.758. The lowest BCUT2D eigenvalue weighted by molar-refractivity contribution is 0.344. The number of hydrogen-bond acceptors (Lipinski definition) is 3. The second-order valence-corrected chi connectivity index (χ2v) is 3.28.